The average molecular weight is 341 g/mol. The van der Waals surface area contributed by atoms with E-state index in [-0.39, 0.29) is 5.91 Å². The second kappa shape index (κ2) is 7.51. The van der Waals surface area contributed by atoms with Crippen molar-refractivity contribution in [3.8, 4) is 0 Å². The third-order valence-corrected chi connectivity index (χ3v) is 4.45. The molecule has 0 spiro atoms. The SMILES string of the molecule is CSc1nc(C(=O)NCCC(O)c2ccccc2)c2ccccn12. The van der Waals surface area contributed by atoms with E-state index in [1.807, 2.05) is 65.4 Å². The van der Waals surface area contributed by atoms with Gasteiger partial charge in [0.15, 0.2) is 10.9 Å². The first-order valence-electron chi connectivity index (χ1n) is 7.73. The lowest BCUT2D eigenvalue weighted by Gasteiger charge is -2.11. The summed E-state index contributed by atoms with van der Waals surface area (Å²) in [5.41, 5.74) is 2.04. The molecule has 1 unspecified atom stereocenters. The monoisotopic (exact) mass is 341 g/mol. The summed E-state index contributed by atoms with van der Waals surface area (Å²) in [6.07, 6.45) is 3.69. The van der Waals surface area contributed by atoms with Crippen LogP contribution >= 0.6 is 11.8 Å². The summed E-state index contributed by atoms with van der Waals surface area (Å²) in [5, 5.41) is 13.8. The number of amides is 1. The van der Waals surface area contributed by atoms with Gasteiger partial charge >= 0.3 is 0 Å². The zero-order chi connectivity index (χ0) is 16.9. The van der Waals surface area contributed by atoms with E-state index in [2.05, 4.69) is 10.3 Å². The predicted octanol–water partition coefficient (Wildman–Crippen LogP) is 2.91. The van der Waals surface area contributed by atoms with E-state index >= 15 is 0 Å². The zero-order valence-electron chi connectivity index (χ0n) is 13.3. The van der Waals surface area contributed by atoms with Gasteiger partial charge in [-0.3, -0.25) is 9.20 Å². The molecule has 24 heavy (non-hydrogen) atoms. The van der Waals surface area contributed by atoms with Gasteiger partial charge in [-0.1, -0.05) is 48.2 Å². The molecule has 1 aromatic carbocycles. The lowest BCUT2D eigenvalue weighted by Crippen LogP contribution is -2.26. The fraction of sp³-hybridized carbons (Fsp3) is 0.222. The number of rotatable bonds is 6. The summed E-state index contributed by atoms with van der Waals surface area (Å²) in [6, 6.07) is 15.1. The van der Waals surface area contributed by atoms with Crippen molar-refractivity contribution in [2.45, 2.75) is 17.7 Å². The number of pyridine rings is 1. The molecule has 0 aliphatic carbocycles. The molecule has 0 saturated carbocycles. The van der Waals surface area contributed by atoms with Crippen molar-refractivity contribution in [3.05, 3.63) is 66.0 Å². The lowest BCUT2D eigenvalue weighted by atomic mass is 10.1. The molecule has 0 fully saturated rings. The van der Waals surface area contributed by atoms with Gasteiger partial charge in [0.1, 0.15) is 0 Å². The molecule has 2 heterocycles. The number of fused-ring (bicyclic) bond motifs is 1. The van der Waals surface area contributed by atoms with Crippen LogP contribution in [-0.4, -0.2) is 33.2 Å². The van der Waals surface area contributed by atoms with Crippen molar-refractivity contribution in [2.75, 3.05) is 12.8 Å². The van der Waals surface area contributed by atoms with Gasteiger partial charge in [0.2, 0.25) is 0 Å². The molecule has 3 aromatic rings. The standard InChI is InChI=1S/C18H19N3O2S/c1-24-18-20-16(14-9-5-6-12-21(14)18)17(23)19-11-10-15(22)13-7-3-2-4-8-13/h2-9,12,15,22H,10-11H2,1H3,(H,19,23). The van der Waals surface area contributed by atoms with Gasteiger partial charge in [0.25, 0.3) is 5.91 Å². The first-order valence-corrected chi connectivity index (χ1v) is 8.95. The van der Waals surface area contributed by atoms with Gasteiger partial charge in [-0.15, -0.1) is 0 Å². The highest BCUT2D eigenvalue weighted by Crippen LogP contribution is 2.20. The zero-order valence-corrected chi connectivity index (χ0v) is 14.2. The van der Waals surface area contributed by atoms with Crippen molar-refractivity contribution < 1.29 is 9.90 Å². The minimum atomic E-state index is -0.591. The van der Waals surface area contributed by atoms with Crippen LogP contribution in [0.3, 0.4) is 0 Å². The summed E-state index contributed by atoms with van der Waals surface area (Å²) in [4.78, 5) is 16.8. The van der Waals surface area contributed by atoms with Crippen LogP contribution in [0, 0.1) is 0 Å². The van der Waals surface area contributed by atoms with E-state index in [4.69, 9.17) is 0 Å². The highest BCUT2D eigenvalue weighted by molar-refractivity contribution is 7.98. The second-order valence-electron chi connectivity index (χ2n) is 5.37. The van der Waals surface area contributed by atoms with Crippen LogP contribution in [0.1, 0.15) is 28.6 Å². The molecule has 6 heteroatoms. The molecule has 124 valence electrons. The van der Waals surface area contributed by atoms with Gasteiger partial charge in [-0.05, 0) is 30.4 Å². The fourth-order valence-electron chi connectivity index (χ4n) is 2.57. The van der Waals surface area contributed by atoms with Crippen LogP contribution in [0.2, 0.25) is 0 Å². The van der Waals surface area contributed by atoms with Gasteiger partial charge in [-0.25, -0.2) is 4.98 Å². The fourth-order valence-corrected chi connectivity index (χ4v) is 3.11. The third-order valence-electron chi connectivity index (χ3n) is 3.80. The number of aliphatic hydroxyl groups is 1. The number of aliphatic hydroxyl groups excluding tert-OH is 1. The van der Waals surface area contributed by atoms with Crippen LogP contribution in [-0.2, 0) is 0 Å². The van der Waals surface area contributed by atoms with Crippen LogP contribution in [0.5, 0.6) is 0 Å². The van der Waals surface area contributed by atoms with Gasteiger partial charge in [0.05, 0.1) is 11.6 Å². The molecule has 0 bridgehead atoms. The van der Waals surface area contributed by atoms with Gasteiger partial charge in [0, 0.05) is 12.7 Å². The minimum Gasteiger partial charge on any atom is -0.388 e. The maximum atomic E-state index is 12.4. The molecule has 5 nitrogen and oxygen atoms in total. The number of thioether (sulfide) groups is 1. The molecular weight excluding hydrogens is 322 g/mol. The van der Waals surface area contributed by atoms with Crippen LogP contribution in [0.15, 0.2) is 59.9 Å². The Kier molecular flexibility index (Phi) is 5.17. The third kappa shape index (κ3) is 3.44. The predicted molar refractivity (Wildman–Crippen MR) is 95.3 cm³/mol. The Morgan fingerprint density at radius 1 is 1.25 bits per heavy atom. The summed E-state index contributed by atoms with van der Waals surface area (Å²) in [5.74, 6) is -0.223. The van der Waals surface area contributed by atoms with E-state index in [9.17, 15) is 9.90 Å². The van der Waals surface area contributed by atoms with Crippen molar-refractivity contribution in [1.29, 1.82) is 0 Å². The molecule has 1 atom stereocenters. The number of carbonyl (C=O) groups excluding carboxylic acids is 1. The molecule has 0 aliphatic heterocycles. The summed E-state index contributed by atoms with van der Waals surface area (Å²) in [7, 11) is 0. The molecule has 1 amide bonds. The molecular formula is C18H19N3O2S. The lowest BCUT2D eigenvalue weighted by molar-refractivity contribution is 0.0939. The summed E-state index contributed by atoms with van der Waals surface area (Å²) < 4.78 is 1.90. The number of aromatic nitrogens is 2. The first kappa shape index (κ1) is 16.5. The van der Waals surface area contributed by atoms with E-state index in [0.717, 1.165) is 16.2 Å². The Bertz CT molecular complexity index is 833. The van der Waals surface area contributed by atoms with Crippen molar-refractivity contribution >= 4 is 23.2 Å². The molecule has 0 radical (unpaired) electrons. The Hall–Kier alpha value is -2.31. The van der Waals surface area contributed by atoms with Crippen molar-refractivity contribution in [3.63, 3.8) is 0 Å². The van der Waals surface area contributed by atoms with Gasteiger partial charge < -0.3 is 10.4 Å². The van der Waals surface area contributed by atoms with Crippen LogP contribution in [0.25, 0.3) is 5.52 Å². The number of imidazole rings is 1. The number of hydrogen-bond donors (Lipinski definition) is 2. The minimum absolute atomic E-state index is 0.223. The summed E-state index contributed by atoms with van der Waals surface area (Å²) in [6.45, 7) is 0.384. The quantitative estimate of drug-likeness (QED) is 0.677. The van der Waals surface area contributed by atoms with E-state index in [0.29, 0.717) is 18.7 Å². The van der Waals surface area contributed by atoms with Gasteiger partial charge in [-0.2, -0.15) is 0 Å². The molecule has 0 saturated heterocycles. The maximum absolute atomic E-state index is 12.4. The number of nitrogens with zero attached hydrogens (tertiary/aromatic N) is 2. The smallest absolute Gasteiger partial charge is 0.272 e. The molecule has 0 aliphatic rings. The van der Waals surface area contributed by atoms with E-state index in [1.54, 1.807) is 0 Å². The molecule has 2 aromatic heterocycles. The normalized spacial score (nSPS) is 12.2. The van der Waals surface area contributed by atoms with E-state index < -0.39 is 6.10 Å². The first-order chi connectivity index (χ1) is 11.7. The van der Waals surface area contributed by atoms with Crippen LogP contribution < -0.4 is 5.32 Å². The largest absolute Gasteiger partial charge is 0.388 e. The van der Waals surface area contributed by atoms with Crippen molar-refractivity contribution in [1.82, 2.24) is 14.7 Å². The molecule has 3 rings (SSSR count). The Balaban J connectivity index is 1.66. The number of benzene rings is 1. The Morgan fingerprint density at radius 3 is 2.75 bits per heavy atom. The second-order valence-corrected chi connectivity index (χ2v) is 6.15. The van der Waals surface area contributed by atoms with Crippen molar-refractivity contribution in [2.24, 2.45) is 0 Å². The van der Waals surface area contributed by atoms with Crippen LogP contribution in [0.4, 0.5) is 0 Å². The topological polar surface area (TPSA) is 66.6 Å². The maximum Gasteiger partial charge on any atom is 0.272 e. The Labute approximate surface area is 144 Å². The summed E-state index contributed by atoms with van der Waals surface area (Å²) >= 11 is 1.49. The van der Waals surface area contributed by atoms with E-state index in [1.165, 1.54) is 11.8 Å². The number of hydrogen-bond acceptors (Lipinski definition) is 4. The number of carbonyl (C=O) groups is 1. The highest BCUT2D eigenvalue weighted by Gasteiger charge is 2.17. The average Bonchev–Trinajstić information content (AvgIpc) is 3.01. The molecule has 2 N–H and O–H groups in total. The number of nitrogens with one attached hydrogen (secondary N) is 1. The highest BCUT2D eigenvalue weighted by atomic mass is 32.2. The Morgan fingerprint density at radius 2 is 2.00 bits per heavy atom.